The van der Waals surface area contributed by atoms with Gasteiger partial charge in [0, 0.05) is 18.6 Å². The average Bonchev–Trinajstić information content (AvgIpc) is 2.20. The molecule has 1 aliphatic heterocycles. The van der Waals surface area contributed by atoms with Crippen molar-refractivity contribution in [3.8, 4) is 0 Å². The largest absolute Gasteiger partial charge is 0.311 e. The molecule has 1 fully saturated rings. The first-order valence-corrected chi connectivity index (χ1v) is 6.82. The number of hydrogen-bond acceptors (Lipinski definition) is 2. The van der Waals surface area contributed by atoms with Crippen LogP contribution in [0.4, 0.5) is 0 Å². The quantitative estimate of drug-likeness (QED) is 0.775. The van der Waals surface area contributed by atoms with E-state index >= 15 is 0 Å². The molecule has 0 amide bonds. The van der Waals surface area contributed by atoms with Crippen LogP contribution in [0.3, 0.4) is 0 Å². The van der Waals surface area contributed by atoms with E-state index in [1.54, 1.807) is 0 Å². The van der Waals surface area contributed by atoms with Gasteiger partial charge in [-0.15, -0.1) is 0 Å². The predicted molar refractivity (Wildman–Crippen MR) is 71.8 cm³/mol. The van der Waals surface area contributed by atoms with E-state index < -0.39 is 0 Å². The van der Waals surface area contributed by atoms with Crippen molar-refractivity contribution in [1.82, 2.24) is 10.2 Å². The van der Waals surface area contributed by atoms with Crippen LogP contribution in [0.15, 0.2) is 0 Å². The van der Waals surface area contributed by atoms with Gasteiger partial charge in [0.2, 0.25) is 0 Å². The Kier molecular flexibility index (Phi) is 4.81. The summed E-state index contributed by atoms with van der Waals surface area (Å²) in [5, 5.41) is 3.64. The van der Waals surface area contributed by atoms with E-state index in [0.717, 1.165) is 6.54 Å². The molecule has 0 radical (unpaired) electrons. The smallest absolute Gasteiger partial charge is 0.0123 e. The molecule has 96 valence electrons. The number of nitrogens with one attached hydrogen (secondary N) is 1. The fraction of sp³-hybridized carbons (Fsp3) is 1.00. The molecule has 1 heterocycles. The van der Waals surface area contributed by atoms with Gasteiger partial charge < -0.3 is 10.2 Å². The van der Waals surface area contributed by atoms with Crippen LogP contribution in [0.1, 0.15) is 53.9 Å². The first kappa shape index (κ1) is 14.0. The normalized spacial score (nSPS) is 22.3. The number of likely N-dealkylation sites (tertiary alicyclic amines) is 1. The second-order valence-electron chi connectivity index (χ2n) is 6.67. The van der Waals surface area contributed by atoms with Crippen molar-refractivity contribution < 1.29 is 0 Å². The SMILES string of the molecule is CCC(C)(C)NCCN1CCC(C)(C)CC1. The van der Waals surface area contributed by atoms with Crippen molar-refractivity contribution in [1.29, 1.82) is 0 Å². The van der Waals surface area contributed by atoms with Crippen LogP contribution in [0.2, 0.25) is 0 Å². The van der Waals surface area contributed by atoms with E-state index in [1.165, 1.54) is 38.9 Å². The highest BCUT2D eigenvalue weighted by atomic mass is 15.1. The first-order valence-electron chi connectivity index (χ1n) is 6.82. The van der Waals surface area contributed by atoms with Crippen LogP contribution >= 0.6 is 0 Å². The van der Waals surface area contributed by atoms with Crippen LogP contribution < -0.4 is 5.32 Å². The molecular formula is C14H30N2. The summed E-state index contributed by atoms with van der Waals surface area (Å²) in [6.07, 6.45) is 3.90. The minimum atomic E-state index is 0.301. The predicted octanol–water partition coefficient (Wildman–Crippen LogP) is 2.89. The van der Waals surface area contributed by atoms with E-state index in [4.69, 9.17) is 0 Å². The monoisotopic (exact) mass is 226 g/mol. The highest BCUT2D eigenvalue weighted by molar-refractivity contribution is 4.80. The summed E-state index contributed by atoms with van der Waals surface area (Å²) in [7, 11) is 0. The van der Waals surface area contributed by atoms with E-state index in [0.29, 0.717) is 11.0 Å². The van der Waals surface area contributed by atoms with Crippen molar-refractivity contribution in [2.24, 2.45) is 5.41 Å². The van der Waals surface area contributed by atoms with Gasteiger partial charge in [-0.25, -0.2) is 0 Å². The lowest BCUT2D eigenvalue weighted by atomic mass is 9.83. The highest BCUT2D eigenvalue weighted by Gasteiger charge is 2.25. The molecule has 1 aliphatic rings. The van der Waals surface area contributed by atoms with E-state index in [-0.39, 0.29) is 0 Å². The maximum absolute atomic E-state index is 3.64. The van der Waals surface area contributed by atoms with Gasteiger partial charge in [0.25, 0.3) is 0 Å². The summed E-state index contributed by atoms with van der Waals surface area (Å²) in [6, 6.07) is 0. The van der Waals surface area contributed by atoms with E-state index in [2.05, 4.69) is 44.8 Å². The van der Waals surface area contributed by atoms with Gasteiger partial charge in [-0.3, -0.25) is 0 Å². The third-order valence-electron chi connectivity index (χ3n) is 4.13. The molecule has 16 heavy (non-hydrogen) atoms. The zero-order valence-corrected chi connectivity index (χ0v) is 11.9. The van der Waals surface area contributed by atoms with Crippen LogP contribution in [-0.4, -0.2) is 36.6 Å². The Morgan fingerprint density at radius 3 is 2.25 bits per heavy atom. The molecule has 1 rings (SSSR count). The molecular weight excluding hydrogens is 196 g/mol. The molecule has 1 N–H and O–H groups in total. The summed E-state index contributed by atoms with van der Waals surface area (Å²) < 4.78 is 0. The van der Waals surface area contributed by atoms with Gasteiger partial charge in [-0.1, -0.05) is 20.8 Å². The minimum absolute atomic E-state index is 0.301. The van der Waals surface area contributed by atoms with Gasteiger partial charge in [0.1, 0.15) is 0 Å². The Bertz CT molecular complexity index is 199. The molecule has 0 aromatic heterocycles. The van der Waals surface area contributed by atoms with Crippen LogP contribution in [0.25, 0.3) is 0 Å². The van der Waals surface area contributed by atoms with Crippen LogP contribution in [0, 0.1) is 5.41 Å². The molecule has 0 aromatic carbocycles. The summed E-state index contributed by atoms with van der Waals surface area (Å²) in [5.74, 6) is 0. The molecule has 0 atom stereocenters. The maximum atomic E-state index is 3.64. The second-order valence-corrected chi connectivity index (χ2v) is 6.67. The maximum Gasteiger partial charge on any atom is 0.0123 e. The Morgan fingerprint density at radius 1 is 1.19 bits per heavy atom. The summed E-state index contributed by atoms with van der Waals surface area (Å²) in [4.78, 5) is 2.60. The number of rotatable bonds is 5. The summed E-state index contributed by atoms with van der Waals surface area (Å²) in [5.41, 5.74) is 0.877. The molecule has 0 bridgehead atoms. The molecule has 0 spiro atoms. The minimum Gasteiger partial charge on any atom is -0.311 e. The van der Waals surface area contributed by atoms with Crippen LogP contribution in [0.5, 0.6) is 0 Å². The zero-order valence-electron chi connectivity index (χ0n) is 11.9. The molecule has 2 nitrogen and oxygen atoms in total. The Morgan fingerprint density at radius 2 is 1.75 bits per heavy atom. The molecule has 0 aliphatic carbocycles. The molecule has 0 unspecified atom stereocenters. The number of piperidine rings is 1. The zero-order chi connectivity index (χ0) is 12.2. The lowest BCUT2D eigenvalue weighted by Crippen LogP contribution is -2.45. The van der Waals surface area contributed by atoms with Gasteiger partial charge >= 0.3 is 0 Å². The van der Waals surface area contributed by atoms with Gasteiger partial charge in [-0.05, 0) is 51.6 Å². The molecule has 2 heteroatoms. The highest BCUT2D eigenvalue weighted by Crippen LogP contribution is 2.29. The molecule has 0 saturated carbocycles. The van der Waals surface area contributed by atoms with Gasteiger partial charge in [0.05, 0.1) is 0 Å². The third kappa shape index (κ3) is 4.84. The lowest BCUT2D eigenvalue weighted by molar-refractivity contribution is 0.130. The van der Waals surface area contributed by atoms with Crippen molar-refractivity contribution in [2.45, 2.75) is 59.4 Å². The fourth-order valence-corrected chi connectivity index (χ4v) is 2.06. The van der Waals surface area contributed by atoms with Crippen molar-refractivity contribution in [2.75, 3.05) is 26.2 Å². The Labute approximate surface area is 102 Å². The number of nitrogens with zero attached hydrogens (tertiary/aromatic N) is 1. The topological polar surface area (TPSA) is 15.3 Å². The standard InChI is InChI=1S/C14H30N2/c1-6-14(4,5)15-9-12-16-10-7-13(2,3)8-11-16/h15H,6-12H2,1-5H3. The fourth-order valence-electron chi connectivity index (χ4n) is 2.06. The van der Waals surface area contributed by atoms with Crippen molar-refractivity contribution in [3.05, 3.63) is 0 Å². The Hall–Kier alpha value is -0.0800. The lowest BCUT2D eigenvalue weighted by Gasteiger charge is -2.37. The van der Waals surface area contributed by atoms with Crippen molar-refractivity contribution >= 4 is 0 Å². The molecule has 0 aromatic rings. The number of hydrogen-bond donors (Lipinski definition) is 1. The van der Waals surface area contributed by atoms with Crippen LogP contribution in [-0.2, 0) is 0 Å². The molecule has 1 saturated heterocycles. The van der Waals surface area contributed by atoms with E-state index in [9.17, 15) is 0 Å². The summed E-state index contributed by atoms with van der Waals surface area (Å²) in [6.45, 7) is 16.5. The second kappa shape index (κ2) is 5.50. The summed E-state index contributed by atoms with van der Waals surface area (Å²) >= 11 is 0. The third-order valence-corrected chi connectivity index (χ3v) is 4.13. The average molecular weight is 226 g/mol. The van der Waals surface area contributed by atoms with E-state index in [1.807, 2.05) is 0 Å². The van der Waals surface area contributed by atoms with Gasteiger partial charge in [-0.2, -0.15) is 0 Å². The van der Waals surface area contributed by atoms with Crippen molar-refractivity contribution in [3.63, 3.8) is 0 Å². The Balaban J connectivity index is 2.16. The first-order chi connectivity index (χ1) is 7.35. The van der Waals surface area contributed by atoms with Gasteiger partial charge in [0.15, 0.2) is 0 Å².